The van der Waals surface area contributed by atoms with Gasteiger partial charge < -0.3 is 19.9 Å². The normalized spacial score (nSPS) is 12.7. The van der Waals surface area contributed by atoms with Gasteiger partial charge in [0.05, 0.1) is 6.10 Å². The molecule has 0 saturated heterocycles. The molecule has 1 heterocycles. The Bertz CT molecular complexity index is 726. The summed E-state index contributed by atoms with van der Waals surface area (Å²) in [7, 11) is 1.75. The molecule has 0 aliphatic carbocycles. The topological polar surface area (TPSA) is 84.6 Å². The van der Waals surface area contributed by atoms with Gasteiger partial charge in [-0.2, -0.15) is 4.98 Å². The van der Waals surface area contributed by atoms with Crippen molar-refractivity contribution < 1.29 is 9.26 Å². The zero-order valence-corrected chi connectivity index (χ0v) is 16.3. The van der Waals surface area contributed by atoms with Gasteiger partial charge in [-0.1, -0.05) is 24.2 Å². The van der Waals surface area contributed by atoms with E-state index in [2.05, 4.69) is 64.7 Å². The van der Waals surface area contributed by atoms with E-state index in [9.17, 15) is 0 Å². The predicted octanol–water partition coefficient (Wildman–Crippen LogP) is 2.77. The van der Waals surface area contributed by atoms with Crippen LogP contribution in [0.5, 0.6) is 5.75 Å². The summed E-state index contributed by atoms with van der Waals surface area (Å²) in [6.45, 7) is 9.37. The fourth-order valence-electron chi connectivity index (χ4n) is 2.35. The number of guanidine groups is 1. The highest BCUT2D eigenvalue weighted by Crippen LogP contribution is 2.22. The molecule has 0 radical (unpaired) electrons. The summed E-state index contributed by atoms with van der Waals surface area (Å²) in [5, 5.41) is 10.4. The van der Waals surface area contributed by atoms with Gasteiger partial charge in [0.25, 0.3) is 0 Å². The standard InChI is InChI=1S/C19H29N5O2/c1-6-14(3)25-17-11-13(2)7-8-16(17)12-22-19(20-5)21-10-9-18-23-15(4)24-26-18/h7-8,11,14H,6,9-10,12H2,1-5H3,(H2,20,21,22). The molecule has 2 rings (SSSR count). The maximum absolute atomic E-state index is 6.05. The Morgan fingerprint density at radius 2 is 2.12 bits per heavy atom. The lowest BCUT2D eigenvalue weighted by molar-refractivity contribution is 0.215. The molecule has 0 bridgehead atoms. The summed E-state index contributed by atoms with van der Waals surface area (Å²) in [6.07, 6.45) is 1.80. The maximum Gasteiger partial charge on any atom is 0.228 e. The zero-order chi connectivity index (χ0) is 18.9. The highest BCUT2D eigenvalue weighted by Gasteiger charge is 2.09. The van der Waals surface area contributed by atoms with Crippen LogP contribution in [0.1, 0.15) is 43.1 Å². The Hall–Kier alpha value is -2.57. The lowest BCUT2D eigenvalue weighted by Crippen LogP contribution is -2.38. The quantitative estimate of drug-likeness (QED) is 0.557. The van der Waals surface area contributed by atoms with Crippen LogP contribution in [0.15, 0.2) is 27.7 Å². The number of hydrogen-bond donors (Lipinski definition) is 2. The van der Waals surface area contributed by atoms with Gasteiger partial charge in [-0.3, -0.25) is 4.99 Å². The van der Waals surface area contributed by atoms with Gasteiger partial charge in [0.15, 0.2) is 11.8 Å². The Balaban J connectivity index is 1.89. The van der Waals surface area contributed by atoms with E-state index >= 15 is 0 Å². The van der Waals surface area contributed by atoms with Crippen molar-refractivity contribution in [2.24, 2.45) is 4.99 Å². The Morgan fingerprint density at radius 3 is 2.77 bits per heavy atom. The molecule has 2 aromatic rings. The third kappa shape index (κ3) is 6.06. The van der Waals surface area contributed by atoms with Gasteiger partial charge in [-0.05, 0) is 38.8 Å². The number of rotatable bonds is 8. The van der Waals surface area contributed by atoms with Crippen LogP contribution in [0.25, 0.3) is 0 Å². The summed E-state index contributed by atoms with van der Waals surface area (Å²) < 4.78 is 11.2. The average Bonchev–Trinajstić information content (AvgIpc) is 3.04. The van der Waals surface area contributed by atoms with Crippen molar-refractivity contribution in [3.05, 3.63) is 41.0 Å². The van der Waals surface area contributed by atoms with Crippen LogP contribution >= 0.6 is 0 Å². The SMILES string of the molecule is CCC(C)Oc1cc(C)ccc1CNC(=NC)NCCc1nc(C)no1. The molecule has 7 heteroatoms. The second-order valence-corrected chi connectivity index (χ2v) is 6.29. The first-order chi connectivity index (χ1) is 12.5. The van der Waals surface area contributed by atoms with Gasteiger partial charge in [0, 0.05) is 32.1 Å². The molecule has 7 nitrogen and oxygen atoms in total. The summed E-state index contributed by atoms with van der Waals surface area (Å²) in [6, 6.07) is 6.26. The fourth-order valence-corrected chi connectivity index (χ4v) is 2.35. The number of hydrogen-bond acceptors (Lipinski definition) is 5. The molecule has 26 heavy (non-hydrogen) atoms. The molecule has 0 aliphatic rings. The van der Waals surface area contributed by atoms with Gasteiger partial charge in [0.1, 0.15) is 5.75 Å². The largest absolute Gasteiger partial charge is 0.490 e. The molecule has 0 spiro atoms. The second kappa shape index (κ2) is 9.79. The predicted molar refractivity (Wildman–Crippen MR) is 103 cm³/mol. The second-order valence-electron chi connectivity index (χ2n) is 6.29. The van der Waals surface area contributed by atoms with Crippen LogP contribution in [0.2, 0.25) is 0 Å². The smallest absolute Gasteiger partial charge is 0.228 e. The molecule has 0 fully saturated rings. The highest BCUT2D eigenvalue weighted by atomic mass is 16.5. The molecular formula is C19H29N5O2. The third-order valence-electron chi connectivity index (χ3n) is 4.00. The lowest BCUT2D eigenvalue weighted by atomic mass is 10.1. The van der Waals surface area contributed by atoms with E-state index < -0.39 is 0 Å². The number of benzene rings is 1. The van der Waals surface area contributed by atoms with Gasteiger partial charge in [0.2, 0.25) is 5.89 Å². The number of aromatic nitrogens is 2. The first kappa shape index (κ1) is 19.8. The first-order valence-corrected chi connectivity index (χ1v) is 9.01. The van der Waals surface area contributed by atoms with Crippen molar-refractivity contribution in [3.63, 3.8) is 0 Å². The molecule has 1 aromatic carbocycles. The van der Waals surface area contributed by atoms with E-state index in [0.29, 0.717) is 31.2 Å². The lowest BCUT2D eigenvalue weighted by Gasteiger charge is -2.18. The van der Waals surface area contributed by atoms with E-state index in [1.54, 1.807) is 7.05 Å². The first-order valence-electron chi connectivity index (χ1n) is 9.01. The van der Waals surface area contributed by atoms with Crippen LogP contribution in [-0.4, -0.2) is 35.8 Å². The Labute approximate surface area is 155 Å². The minimum absolute atomic E-state index is 0.186. The maximum atomic E-state index is 6.05. The molecule has 0 amide bonds. The molecule has 2 N–H and O–H groups in total. The van der Waals surface area contributed by atoms with Crippen molar-refractivity contribution >= 4 is 5.96 Å². The van der Waals surface area contributed by atoms with Crippen molar-refractivity contribution in [1.82, 2.24) is 20.8 Å². The van der Waals surface area contributed by atoms with Crippen LogP contribution in [0.3, 0.4) is 0 Å². The van der Waals surface area contributed by atoms with E-state index in [1.165, 1.54) is 5.56 Å². The molecule has 1 unspecified atom stereocenters. The Kier molecular flexibility index (Phi) is 7.44. The minimum Gasteiger partial charge on any atom is -0.490 e. The van der Waals surface area contributed by atoms with Crippen LogP contribution in [-0.2, 0) is 13.0 Å². The van der Waals surface area contributed by atoms with Crippen molar-refractivity contribution in [2.75, 3.05) is 13.6 Å². The average molecular weight is 359 g/mol. The summed E-state index contributed by atoms with van der Waals surface area (Å²) in [4.78, 5) is 8.44. The molecule has 0 aliphatic heterocycles. The van der Waals surface area contributed by atoms with Crippen molar-refractivity contribution in [3.8, 4) is 5.75 Å². The zero-order valence-electron chi connectivity index (χ0n) is 16.3. The molecule has 0 saturated carbocycles. The van der Waals surface area contributed by atoms with E-state index in [-0.39, 0.29) is 6.10 Å². The molecule has 1 aromatic heterocycles. The van der Waals surface area contributed by atoms with Gasteiger partial charge in [-0.15, -0.1) is 0 Å². The molecule has 1 atom stereocenters. The van der Waals surface area contributed by atoms with E-state index in [0.717, 1.165) is 23.7 Å². The van der Waals surface area contributed by atoms with Crippen molar-refractivity contribution in [1.29, 1.82) is 0 Å². The van der Waals surface area contributed by atoms with Gasteiger partial charge in [-0.25, -0.2) is 0 Å². The molecular weight excluding hydrogens is 330 g/mol. The van der Waals surface area contributed by atoms with Crippen molar-refractivity contribution in [2.45, 2.75) is 53.2 Å². The summed E-state index contributed by atoms with van der Waals surface area (Å²) in [5.41, 5.74) is 2.29. The number of ether oxygens (including phenoxy) is 1. The van der Waals surface area contributed by atoms with Crippen LogP contribution in [0, 0.1) is 13.8 Å². The molecule has 142 valence electrons. The third-order valence-corrected chi connectivity index (χ3v) is 4.00. The number of nitrogens with one attached hydrogen (secondary N) is 2. The summed E-state index contributed by atoms with van der Waals surface area (Å²) in [5.74, 6) is 2.91. The minimum atomic E-state index is 0.186. The van der Waals surface area contributed by atoms with E-state index in [1.807, 2.05) is 6.92 Å². The highest BCUT2D eigenvalue weighted by molar-refractivity contribution is 5.79. The fraction of sp³-hybridized carbons (Fsp3) is 0.526. The number of aryl methyl sites for hydroxylation is 2. The number of nitrogens with zero attached hydrogens (tertiary/aromatic N) is 3. The van der Waals surface area contributed by atoms with Crippen LogP contribution in [0.4, 0.5) is 0 Å². The summed E-state index contributed by atoms with van der Waals surface area (Å²) >= 11 is 0. The number of aliphatic imine (C=N–C) groups is 1. The van der Waals surface area contributed by atoms with Gasteiger partial charge >= 0.3 is 0 Å². The monoisotopic (exact) mass is 359 g/mol. The van der Waals surface area contributed by atoms with Crippen LogP contribution < -0.4 is 15.4 Å². The van der Waals surface area contributed by atoms with E-state index in [4.69, 9.17) is 9.26 Å². The Morgan fingerprint density at radius 1 is 1.31 bits per heavy atom.